The van der Waals surface area contributed by atoms with Crippen LogP contribution in [0.2, 0.25) is 5.02 Å². The van der Waals surface area contributed by atoms with E-state index in [0.29, 0.717) is 29.6 Å². The summed E-state index contributed by atoms with van der Waals surface area (Å²) in [5.41, 5.74) is 1.39. The lowest BCUT2D eigenvalue weighted by Crippen LogP contribution is -2.43. The highest BCUT2D eigenvalue weighted by molar-refractivity contribution is 6.30. The number of carbonyl (C=O) groups excluding carboxylic acids is 1. The predicted octanol–water partition coefficient (Wildman–Crippen LogP) is 3.43. The van der Waals surface area contributed by atoms with E-state index >= 15 is 0 Å². The molecule has 1 fully saturated rings. The molecule has 1 aliphatic rings. The van der Waals surface area contributed by atoms with Crippen LogP contribution in [-0.2, 0) is 11.3 Å². The Hall–Kier alpha value is -3.32. The zero-order valence-electron chi connectivity index (χ0n) is 17.8. The summed E-state index contributed by atoms with van der Waals surface area (Å²) in [6.45, 7) is 1.80. The van der Waals surface area contributed by atoms with Crippen molar-refractivity contribution in [1.29, 1.82) is 0 Å². The van der Waals surface area contributed by atoms with E-state index < -0.39 is 0 Å². The highest BCUT2D eigenvalue weighted by atomic mass is 35.5. The number of aromatic nitrogens is 2. The zero-order chi connectivity index (χ0) is 22.5. The normalized spacial score (nSPS) is 15.9. The van der Waals surface area contributed by atoms with E-state index in [-0.39, 0.29) is 17.4 Å². The molecule has 1 amide bonds. The van der Waals surface area contributed by atoms with Gasteiger partial charge in [-0.25, -0.2) is 0 Å². The molecule has 0 saturated carbocycles. The van der Waals surface area contributed by atoms with Crippen LogP contribution in [0.3, 0.4) is 0 Å². The van der Waals surface area contributed by atoms with Crippen LogP contribution in [0.4, 0.5) is 5.82 Å². The number of methoxy groups -OCH3 is 1. The molecule has 8 heteroatoms. The van der Waals surface area contributed by atoms with E-state index in [1.54, 1.807) is 37.4 Å². The molecule has 2 heterocycles. The third-order valence-electron chi connectivity index (χ3n) is 5.58. The summed E-state index contributed by atoms with van der Waals surface area (Å²) < 4.78 is 6.51. The van der Waals surface area contributed by atoms with Gasteiger partial charge in [0.1, 0.15) is 11.6 Å². The van der Waals surface area contributed by atoms with E-state index in [1.807, 2.05) is 24.3 Å². The van der Waals surface area contributed by atoms with Crippen LogP contribution in [0.15, 0.2) is 65.5 Å². The molecule has 4 rings (SSSR count). The Labute approximate surface area is 191 Å². The van der Waals surface area contributed by atoms with Gasteiger partial charge < -0.3 is 15.0 Å². The highest BCUT2D eigenvalue weighted by Crippen LogP contribution is 2.22. The molecule has 1 atom stereocenters. The van der Waals surface area contributed by atoms with Crippen molar-refractivity contribution in [3.63, 3.8) is 0 Å². The van der Waals surface area contributed by atoms with E-state index in [1.165, 1.54) is 10.7 Å². The SMILES string of the molecule is COc1ccc(CNC(=O)[C@@H]2CCCN(c3ccc(=O)n(-c4cccc(Cl)c4)n3)C2)cc1. The molecular weight excluding hydrogens is 428 g/mol. The maximum atomic E-state index is 12.8. The third-order valence-corrected chi connectivity index (χ3v) is 5.82. The van der Waals surface area contributed by atoms with Crippen molar-refractivity contribution in [2.75, 3.05) is 25.1 Å². The Morgan fingerprint density at radius 1 is 1.19 bits per heavy atom. The molecule has 7 nitrogen and oxygen atoms in total. The van der Waals surface area contributed by atoms with Gasteiger partial charge >= 0.3 is 0 Å². The number of hydrogen-bond acceptors (Lipinski definition) is 5. The fourth-order valence-corrected chi connectivity index (χ4v) is 4.02. The first-order valence-corrected chi connectivity index (χ1v) is 10.9. The minimum Gasteiger partial charge on any atom is -0.497 e. The fraction of sp³-hybridized carbons (Fsp3) is 0.292. The van der Waals surface area contributed by atoms with Gasteiger partial charge in [-0.3, -0.25) is 9.59 Å². The Morgan fingerprint density at radius 3 is 2.75 bits per heavy atom. The summed E-state index contributed by atoms with van der Waals surface area (Å²) >= 11 is 6.07. The average Bonchev–Trinajstić information content (AvgIpc) is 2.83. The summed E-state index contributed by atoms with van der Waals surface area (Å²) in [7, 11) is 1.63. The average molecular weight is 453 g/mol. The van der Waals surface area contributed by atoms with Crippen molar-refractivity contribution in [1.82, 2.24) is 15.1 Å². The van der Waals surface area contributed by atoms with Crippen molar-refractivity contribution in [3.05, 3.63) is 81.6 Å². The number of nitrogens with zero attached hydrogens (tertiary/aromatic N) is 3. The topological polar surface area (TPSA) is 76.5 Å². The molecule has 0 bridgehead atoms. The molecule has 1 saturated heterocycles. The minimum atomic E-state index is -0.234. The van der Waals surface area contributed by atoms with Gasteiger partial charge in [-0.15, -0.1) is 5.10 Å². The summed E-state index contributed by atoms with van der Waals surface area (Å²) in [6, 6.07) is 17.9. The standard InChI is InChI=1S/C24H25ClN4O3/c1-32-21-9-7-17(8-10-21)15-26-24(31)18-4-3-13-28(16-18)22-11-12-23(30)29(27-22)20-6-2-5-19(25)14-20/h2,5-12,14,18H,3-4,13,15-16H2,1H3,(H,26,31)/t18-/m1/s1. The van der Waals surface area contributed by atoms with Crippen LogP contribution < -0.4 is 20.5 Å². The van der Waals surface area contributed by atoms with Crippen molar-refractivity contribution in [2.24, 2.45) is 5.92 Å². The van der Waals surface area contributed by atoms with E-state index in [9.17, 15) is 9.59 Å². The predicted molar refractivity (Wildman–Crippen MR) is 125 cm³/mol. The first-order chi connectivity index (χ1) is 15.5. The number of piperidine rings is 1. The Balaban J connectivity index is 1.43. The van der Waals surface area contributed by atoms with E-state index in [4.69, 9.17) is 16.3 Å². The van der Waals surface area contributed by atoms with Crippen LogP contribution >= 0.6 is 11.6 Å². The molecule has 2 aromatic carbocycles. The van der Waals surface area contributed by atoms with Crippen LogP contribution in [0.25, 0.3) is 5.69 Å². The summed E-state index contributed by atoms with van der Waals surface area (Å²) in [6.07, 6.45) is 1.69. The monoisotopic (exact) mass is 452 g/mol. The number of anilines is 1. The lowest BCUT2D eigenvalue weighted by molar-refractivity contribution is -0.125. The minimum absolute atomic E-state index is 0.0219. The second kappa shape index (κ2) is 9.87. The number of carbonyl (C=O) groups is 1. The number of halogens is 1. The quantitative estimate of drug-likeness (QED) is 0.620. The molecule has 1 aromatic heterocycles. The van der Waals surface area contributed by atoms with E-state index in [0.717, 1.165) is 30.7 Å². The summed E-state index contributed by atoms with van der Waals surface area (Å²) in [4.78, 5) is 27.2. The van der Waals surface area contributed by atoms with Crippen LogP contribution in [0.1, 0.15) is 18.4 Å². The van der Waals surface area contributed by atoms with E-state index in [2.05, 4.69) is 15.3 Å². The van der Waals surface area contributed by atoms with Crippen LogP contribution in [0.5, 0.6) is 5.75 Å². The zero-order valence-corrected chi connectivity index (χ0v) is 18.6. The summed E-state index contributed by atoms with van der Waals surface area (Å²) in [5, 5.41) is 8.11. The van der Waals surface area contributed by atoms with Crippen LogP contribution in [-0.4, -0.2) is 35.9 Å². The molecule has 3 aromatic rings. The second-order valence-corrected chi connectivity index (χ2v) is 8.21. The van der Waals surface area contributed by atoms with Gasteiger partial charge in [0, 0.05) is 30.7 Å². The number of nitrogens with one attached hydrogen (secondary N) is 1. The van der Waals surface area contributed by atoms with Gasteiger partial charge in [-0.2, -0.15) is 4.68 Å². The number of rotatable bonds is 6. The Bertz CT molecular complexity index is 1150. The summed E-state index contributed by atoms with van der Waals surface area (Å²) in [5.74, 6) is 1.33. The van der Waals surface area contributed by atoms with Gasteiger partial charge in [0.2, 0.25) is 5.91 Å². The first kappa shape index (κ1) is 21.9. The smallest absolute Gasteiger partial charge is 0.271 e. The molecule has 166 valence electrons. The van der Waals surface area contributed by atoms with Gasteiger partial charge in [0.05, 0.1) is 18.7 Å². The highest BCUT2D eigenvalue weighted by Gasteiger charge is 2.26. The first-order valence-electron chi connectivity index (χ1n) is 10.6. The lowest BCUT2D eigenvalue weighted by Gasteiger charge is -2.33. The number of ether oxygens (including phenoxy) is 1. The molecular formula is C24H25ClN4O3. The van der Waals surface area contributed by atoms with Gasteiger partial charge in [0.25, 0.3) is 5.56 Å². The van der Waals surface area contributed by atoms with Crippen molar-refractivity contribution < 1.29 is 9.53 Å². The number of benzene rings is 2. The van der Waals surface area contributed by atoms with Gasteiger partial charge in [-0.05, 0) is 54.8 Å². The molecule has 0 unspecified atom stereocenters. The molecule has 0 radical (unpaired) electrons. The number of hydrogen-bond donors (Lipinski definition) is 1. The van der Waals surface area contributed by atoms with Gasteiger partial charge in [-0.1, -0.05) is 29.8 Å². The van der Waals surface area contributed by atoms with Gasteiger partial charge in [0.15, 0.2) is 0 Å². The molecule has 0 spiro atoms. The fourth-order valence-electron chi connectivity index (χ4n) is 3.84. The second-order valence-electron chi connectivity index (χ2n) is 7.77. The maximum Gasteiger partial charge on any atom is 0.271 e. The van der Waals surface area contributed by atoms with Crippen LogP contribution in [0, 0.1) is 5.92 Å². The molecule has 0 aliphatic carbocycles. The lowest BCUT2D eigenvalue weighted by atomic mass is 9.97. The number of amides is 1. The molecule has 32 heavy (non-hydrogen) atoms. The van der Waals surface area contributed by atoms with Crippen molar-refractivity contribution in [3.8, 4) is 11.4 Å². The molecule has 1 N–H and O–H groups in total. The Kier molecular flexibility index (Phi) is 6.75. The van der Waals surface area contributed by atoms with Crippen molar-refractivity contribution in [2.45, 2.75) is 19.4 Å². The van der Waals surface area contributed by atoms with Crippen molar-refractivity contribution >= 4 is 23.3 Å². The third kappa shape index (κ3) is 5.11. The molecule has 1 aliphatic heterocycles. The largest absolute Gasteiger partial charge is 0.497 e. The maximum absolute atomic E-state index is 12.8. The Morgan fingerprint density at radius 2 is 2.00 bits per heavy atom.